The number of nitrogen functional groups attached to an aromatic ring is 1. The van der Waals surface area contributed by atoms with Gasteiger partial charge >= 0.3 is 0 Å². The van der Waals surface area contributed by atoms with Gasteiger partial charge in [0.15, 0.2) is 5.65 Å². The number of amides is 1. The average Bonchev–Trinajstić information content (AvgIpc) is 3.05. The number of likely N-dealkylation sites (tertiary alicyclic amines) is 1. The summed E-state index contributed by atoms with van der Waals surface area (Å²) in [6.45, 7) is 3.10. The molecule has 0 unspecified atom stereocenters. The summed E-state index contributed by atoms with van der Waals surface area (Å²) < 4.78 is 2.00. The topological polar surface area (TPSA) is 102 Å². The maximum absolute atomic E-state index is 12.9. The summed E-state index contributed by atoms with van der Waals surface area (Å²) in [6, 6.07) is 5.83. The molecule has 25 heavy (non-hydrogen) atoms. The molecule has 1 atom stereocenters. The van der Waals surface area contributed by atoms with E-state index in [0.717, 1.165) is 30.9 Å². The number of aromatic nitrogens is 5. The van der Waals surface area contributed by atoms with Gasteiger partial charge in [-0.05, 0) is 31.9 Å². The molecule has 128 valence electrons. The van der Waals surface area contributed by atoms with Gasteiger partial charge in [-0.25, -0.2) is 9.97 Å². The van der Waals surface area contributed by atoms with E-state index in [1.807, 2.05) is 33.7 Å². The Hall–Kier alpha value is -3.03. The molecule has 0 aromatic carbocycles. The second kappa shape index (κ2) is 6.12. The number of fused-ring (bicyclic) bond motifs is 1. The maximum Gasteiger partial charge on any atom is 0.257 e. The number of aryl methyl sites for hydroxylation is 1. The number of hydrogen-bond acceptors (Lipinski definition) is 6. The van der Waals surface area contributed by atoms with E-state index in [4.69, 9.17) is 5.73 Å². The van der Waals surface area contributed by atoms with E-state index in [-0.39, 0.29) is 17.8 Å². The highest BCUT2D eigenvalue weighted by Gasteiger charge is 2.29. The average molecular weight is 337 g/mol. The third-order valence-electron chi connectivity index (χ3n) is 4.64. The number of carbonyl (C=O) groups is 1. The van der Waals surface area contributed by atoms with Gasteiger partial charge in [0.2, 0.25) is 5.95 Å². The number of pyridine rings is 1. The van der Waals surface area contributed by atoms with E-state index in [2.05, 4.69) is 20.2 Å². The quantitative estimate of drug-likeness (QED) is 0.759. The van der Waals surface area contributed by atoms with Gasteiger partial charge in [0.1, 0.15) is 5.82 Å². The van der Waals surface area contributed by atoms with Gasteiger partial charge in [-0.15, -0.1) is 10.2 Å². The third-order valence-corrected chi connectivity index (χ3v) is 4.64. The van der Waals surface area contributed by atoms with Crippen LogP contribution < -0.4 is 5.73 Å². The van der Waals surface area contributed by atoms with Crippen LogP contribution in [0.2, 0.25) is 0 Å². The number of rotatable bonds is 2. The Labute approximate surface area is 144 Å². The van der Waals surface area contributed by atoms with Crippen molar-refractivity contribution in [2.24, 2.45) is 0 Å². The highest BCUT2D eigenvalue weighted by Crippen LogP contribution is 2.27. The van der Waals surface area contributed by atoms with E-state index >= 15 is 0 Å². The lowest BCUT2D eigenvalue weighted by Gasteiger charge is -2.32. The molecule has 4 rings (SSSR count). The van der Waals surface area contributed by atoms with Crippen molar-refractivity contribution in [2.75, 3.05) is 18.8 Å². The summed E-state index contributed by atoms with van der Waals surface area (Å²) in [4.78, 5) is 22.8. The zero-order chi connectivity index (χ0) is 17.4. The molecule has 1 aliphatic heterocycles. The van der Waals surface area contributed by atoms with Gasteiger partial charge in [-0.1, -0.05) is 6.07 Å². The molecule has 2 N–H and O–H groups in total. The minimum Gasteiger partial charge on any atom is -0.368 e. The van der Waals surface area contributed by atoms with E-state index in [0.29, 0.717) is 17.8 Å². The van der Waals surface area contributed by atoms with Crippen LogP contribution in [0.3, 0.4) is 0 Å². The molecule has 0 aliphatic carbocycles. The number of nitrogens with two attached hydrogens (primary N) is 1. The van der Waals surface area contributed by atoms with Crippen LogP contribution in [0.1, 0.15) is 40.6 Å². The molecule has 8 nitrogen and oxygen atoms in total. The van der Waals surface area contributed by atoms with Crippen molar-refractivity contribution in [1.82, 2.24) is 29.5 Å². The first kappa shape index (κ1) is 15.5. The highest BCUT2D eigenvalue weighted by atomic mass is 16.2. The molecular weight excluding hydrogens is 318 g/mol. The van der Waals surface area contributed by atoms with Gasteiger partial charge in [0, 0.05) is 31.4 Å². The lowest BCUT2D eigenvalue weighted by molar-refractivity contribution is 0.0702. The minimum absolute atomic E-state index is 0.0592. The van der Waals surface area contributed by atoms with E-state index in [9.17, 15) is 4.79 Å². The monoisotopic (exact) mass is 337 g/mol. The normalized spacial score (nSPS) is 17.8. The number of hydrogen-bond donors (Lipinski definition) is 1. The van der Waals surface area contributed by atoms with Crippen molar-refractivity contribution in [3.63, 3.8) is 0 Å². The molecule has 1 fully saturated rings. The van der Waals surface area contributed by atoms with Crippen LogP contribution in [0.15, 0.2) is 30.6 Å². The Morgan fingerprint density at radius 3 is 3.04 bits per heavy atom. The molecule has 4 heterocycles. The molecule has 0 spiro atoms. The molecular formula is C17H19N7O. The molecule has 1 aliphatic rings. The van der Waals surface area contributed by atoms with Crippen LogP contribution in [-0.2, 0) is 0 Å². The van der Waals surface area contributed by atoms with Gasteiger partial charge in [-0.3, -0.25) is 9.20 Å². The minimum atomic E-state index is -0.0592. The lowest BCUT2D eigenvalue weighted by atomic mass is 9.96. The fourth-order valence-corrected chi connectivity index (χ4v) is 3.38. The van der Waals surface area contributed by atoms with Crippen molar-refractivity contribution in [2.45, 2.75) is 25.7 Å². The Balaban J connectivity index is 1.59. The van der Waals surface area contributed by atoms with Crippen LogP contribution in [0.5, 0.6) is 0 Å². The van der Waals surface area contributed by atoms with Gasteiger partial charge in [-0.2, -0.15) is 0 Å². The van der Waals surface area contributed by atoms with Crippen LogP contribution >= 0.6 is 0 Å². The predicted molar refractivity (Wildman–Crippen MR) is 92.0 cm³/mol. The molecule has 1 amide bonds. The number of anilines is 1. The van der Waals surface area contributed by atoms with Crippen molar-refractivity contribution < 1.29 is 4.79 Å². The molecule has 0 radical (unpaired) electrons. The standard InChI is InChI=1S/C17H19N7O/c1-11-13(9-19-17(18)20-11)16(25)23-7-4-5-12(10-23)15-22-21-14-6-2-3-8-24(14)15/h2-3,6,8-9,12H,4-5,7,10H2,1H3,(H2,18,19,20)/t12-/m0/s1. The number of carbonyl (C=O) groups excluding carboxylic acids is 1. The van der Waals surface area contributed by atoms with Crippen molar-refractivity contribution in [1.29, 1.82) is 0 Å². The molecule has 3 aromatic rings. The first-order chi connectivity index (χ1) is 12.1. The smallest absolute Gasteiger partial charge is 0.257 e. The van der Waals surface area contributed by atoms with Crippen LogP contribution in [-0.4, -0.2) is 48.5 Å². The van der Waals surface area contributed by atoms with E-state index in [1.54, 1.807) is 6.92 Å². The molecule has 1 saturated heterocycles. The summed E-state index contributed by atoms with van der Waals surface area (Å²) in [5, 5.41) is 8.57. The van der Waals surface area contributed by atoms with Gasteiger partial charge in [0.25, 0.3) is 5.91 Å². The van der Waals surface area contributed by atoms with Crippen LogP contribution in [0.25, 0.3) is 5.65 Å². The third kappa shape index (κ3) is 2.79. The number of nitrogens with zero attached hydrogens (tertiary/aromatic N) is 6. The second-order valence-electron chi connectivity index (χ2n) is 6.30. The molecule has 3 aromatic heterocycles. The predicted octanol–water partition coefficient (Wildman–Crippen LogP) is 1.43. The van der Waals surface area contributed by atoms with Crippen molar-refractivity contribution in [3.05, 3.63) is 47.7 Å². The molecule has 0 bridgehead atoms. The van der Waals surface area contributed by atoms with Gasteiger partial charge in [0.05, 0.1) is 11.3 Å². The maximum atomic E-state index is 12.9. The molecule has 8 heteroatoms. The molecule has 0 saturated carbocycles. The number of piperidine rings is 1. The first-order valence-corrected chi connectivity index (χ1v) is 8.31. The highest BCUT2D eigenvalue weighted by molar-refractivity contribution is 5.95. The van der Waals surface area contributed by atoms with Gasteiger partial charge < -0.3 is 10.6 Å². The Bertz CT molecular complexity index is 936. The van der Waals surface area contributed by atoms with E-state index in [1.165, 1.54) is 6.20 Å². The van der Waals surface area contributed by atoms with Crippen molar-refractivity contribution >= 4 is 17.5 Å². The zero-order valence-electron chi connectivity index (χ0n) is 14.0. The van der Waals surface area contributed by atoms with Crippen LogP contribution in [0.4, 0.5) is 5.95 Å². The summed E-state index contributed by atoms with van der Waals surface area (Å²) in [6.07, 6.45) is 5.38. The Kier molecular flexibility index (Phi) is 3.79. The summed E-state index contributed by atoms with van der Waals surface area (Å²) in [5.74, 6) is 1.18. The van der Waals surface area contributed by atoms with Crippen LogP contribution in [0, 0.1) is 6.92 Å². The summed E-state index contributed by atoms with van der Waals surface area (Å²) >= 11 is 0. The first-order valence-electron chi connectivity index (χ1n) is 8.31. The van der Waals surface area contributed by atoms with Crippen molar-refractivity contribution in [3.8, 4) is 0 Å². The fourth-order valence-electron chi connectivity index (χ4n) is 3.38. The SMILES string of the molecule is Cc1nc(N)ncc1C(=O)N1CCC[C@H](c2nnc3ccccn23)C1. The summed E-state index contributed by atoms with van der Waals surface area (Å²) in [7, 11) is 0. The fraction of sp³-hybridized carbons (Fsp3) is 0.353. The second-order valence-corrected chi connectivity index (χ2v) is 6.30. The summed E-state index contributed by atoms with van der Waals surface area (Å²) in [5.41, 5.74) is 7.51. The largest absolute Gasteiger partial charge is 0.368 e. The Morgan fingerprint density at radius 1 is 1.32 bits per heavy atom. The lowest BCUT2D eigenvalue weighted by Crippen LogP contribution is -2.40. The van der Waals surface area contributed by atoms with E-state index < -0.39 is 0 Å². The zero-order valence-corrected chi connectivity index (χ0v) is 14.0. The Morgan fingerprint density at radius 2 is 2.20 bits per heavy atom.